The molecule has 0 fully saturated rings. The van der Waals surface area contributed by atoms with Crippen LogP contribution in [-0.2, 0) is 16.6 Å². The molecular weight excluding hydrogens is 379 g/mol. The van der Waals surface area contributed by atoms with E-state index in [4.69, 9.17) is 5.73 Å². The Bertz CT molecular complexity index is 774. The van der Waals surface area contributed by atoms with E-state index in [2.05, 4.69) is 15.9 Å². The van der Waals surface area contributed by atoms with E-state index in [1.807, 2.05) is 11.4 Å². The molecule has 0 radical (unpaired) electrons. The van der Waals surface area contributed by atoms with Crippen LogP contribution in [-0.4, -0.2) is 19.8 Å². The Morgan fingerprint density at radius 3 is 2.62 bits per heavy atom. The van der Waals surface area contributed by atoms with Gasteiger partial charge in [-0.05, 0) is 46.6 Å². The SMILES string of the molecule is Cc1cc(N)cc(S(=O)(=O)N(C)Cc2cc(Br)cs2)c1F. The third-order valence-electron chi connectivity index (χ3n) is 2.93. The maximum Gasteiger partial charge on any atom is 0.246 e. The number of thiophene rings is 1. The Balaban J connectivity index is 2.37. The van der Waals surface area contributed by atoms with E-state index in [0.717, 1.165) is 19.7 Å². The molecule has 2 rings (SSSR count). The topological polar surface area (TPSA) is 63.4 Å². The van der Waals surface area contributed by atoms with Crippen LogP contribution in [0, 0.1) is 12.7 Å². The van der Waals surface area contributed by atoms with E-state index in [0.29, 0.717) is 0 Å². The Hall–Kier alpha value is -0.960. The van der Waals surface area contributed by atoms with Gasteiger partial charge in [0.05, 0.1) is 0 Å². The second-order valence-corrected chi connectivity index (χ2v) is 8.57. The number of hydrogen-bond donors (Lipinski definition) is 1. The van der Waals surface area contributed by atoms with Gasteiger partial charge in [0, 0.05) is 34.0 Å². The number of sulfonamides is 1. The van der Waals surface area contributed by atoms with Crippen LogP contribution >= 0.6 is 27.3 Å². The lowest BCUT2D eigenvalue weighted by atomic mass is 10.2. The molecule has 0 unspecified atom stereocenters. The van der Waals surface area contributed by atoms with Crippen molar-refractivity contribution in [1.29, 1.82) is 0 Å². The van der Waals surface area contributed by atoms with Gasteiger partial charge in [0.1, 0.15) is 10.7 Å². The van der Waals surface area contributed by atoms with Crippen LogP contribution < -0.4 is 5.73 Å². The van der Waals surface area contributed by atoms with E-state index < -0.39 is 20.7 Å². The number of benzene rings is 1. The predicted molar refractivity (Wildman–Crippen MR) is 86.2 cm³/mol. The summed E-state index contributed by atoms with van der Waals surface area (Å²) in [4.78, 5) is 0.465. The van der Waals surface area contributed by atoms with Gasteiger partial charge in [0.25, 0.3) is 0 Å². The summed E-state index contributed by atoms with van der Waals surface area (Å²) in [7, 11) is -2.52. The molecule has 0 bridgehead atoms. The van der Waals surface area contributed by atoms with Crippen LogP contribution in [0.4, 0.5) is 10.1 Å². The third-order valence-corrected chi connectivity index (χ3v) is 6.42. The van der Waals surface area contributed by atoms with Gasteiger partial charge in [-0.3, -0.25) is 0 Å². The molecule has 0 spiro atoms. The van der Waals surface area contributed by atoms with Crippen molar-refractivity contribution in [1.82, 2.24) is 4.31 Å². The third kappa shape index (κ3) is 3.45. The van der Waals surface area contributed by atoms with Gasteiger partial charge in [-0.25, -0.2) is 12.8 Å². The van der Waals surface area contributed by atoms with Crippen LogP contribution in [0.25, 0.3) is 0 Å². The normalized spacial score (nSPS) is 12.0. The monoisotopic (exact) mass is 392 g/mol. The van der Waals surface area contributed by atoms with Crippen molar-refractivity contribution in [3.05, 3.63) is 44.3 Å². The van der Waals surface area contributed by atoms with Crippen LogP contribution in [0.5, 0.6) is 0 Å². The summed E-state index contributed by atoms with van der Waals surface area (Å²) in [5.74, 6) is -0.761. The van der Waals surface area contributed by atoms with Crippen molar-refractivity contribution < 1.29 is 12.8 Å². The fourth-order valence-electron chi connectivity index (χ4n) is 1.86. The summed E-state index contributed by atoms with van der Waals surface area (Å²) in [6.07, 6.45) is 0. The van der Waals surface area contributed by atoms with Crippen LogP contribution in [0.2, 0.25) is 0 Å². The van der Waals surface area contributed by atoms with Gasteiger partial charge in [-0.1, -0.05) is 0 Å². The predicted octanol–water partition coefficient (Wildman–Crippen LogP) is 3.36. The Labute approximate surface area is 135 Å². The number of rotatable bonds is 4. The first kappa shape index (κ1) is 16.4. The molecule has 0 atom stereocenters. The van der Waals surface area contributed by atoms with E-state index in [9.17, 15) is 12.8 Å². The molecule has 0 saturated heterocycles. The highest BCUT2D eigenvalue weighted by Gasteiger charge is 2.26. The van der Waals surface area contributed by atoms with Gasteiger partial charge in [-0.15, -0.1) is 11.3 Å². The van der Waals surface area contributed by atoms with Crippen LogP contribution in [0.3, 0.4) is 0 Å². The molecule has 0 aliphatic heterocycles. The van der Waals surface area contributed by atoms with Crippen molar-refractivity contribution in [2.75, 3.05) is 12.8 Å². The second kappa shape index (κ2) is 6.04. The number of halogens is 2. The summed E-state index contributed by atoms with van der Waals surface area (Å²) >= 11 is 4.74. The number of nitrogen functional groups attached to an aromatic ring is 1. The molecule has 114 valence electrons. The molecular formula is C13H14BrFN2O2S2. The van der Waals surface area contributed by atoms with E-state index >= 15 is 0 Å². The minimum atomic E-state index is -3.93. The lowest BCUT2D eigenvalue weighted by Gasteiger charge is -2.17. The molecule has 0 aliphatic carbocycles. The summed E-state index contributed by atoms with van der Waals surface area (Å²) in [5.41, 5.74) is 6.06. The first-order valence-electron chi connectivity index (χ1n) is 5.96. The zero-order valence-corrected chi connectivity index (χ0v) is 14.6. The zero-order valence-electron chi connectivity index (χ0n) is 11.4. The highest BCUT2D eigenvalue weighted by atomic mass is 79.9. The first-order valence-corrected chi connectivity index (χ1v) is 9.08. The summed E-state index contributed by atoms with van der Waals surface area (Å²) in [5, 5.41) is 1.86. The number of hydrogen-bond acceptors (Lipinski definition) is 4. The lowest BCUT2D eigenvalue weighted by molar-refractivity contribution is 0.462. The van der Waals surface area contributed by atoms with Crippen molar-refractivity contribution in [3.63, 3.8) is 0 Å². The number of aryl methyl sites for hydroxylation is 1. The van der Waals surface area contributed by atoms with Gasteiger partial charge in [0.15, 0.2) is 0 Å². The highest BCUT2D eigenvalue weighted by molar-refractivity contribution is 9.10. The minimum absolute atomic E-state index is 0.173. The van der Waals surface area contributed by atoms with Gasteiger partial charge >= 0.3 is 0 Å². The van der Waals surface area contributed by atoms with E-state index in [-0.39, 0.29) is 17.8 Å². The van der Waals surface area contributed by atoms with Crippen molar-refractivity contribution in [2.24, 2.45) is 0 Å². The summed E-state index contributed by atoms with van der Waals surface area (Å²) in [6.45, 7) is 1.66. The number of nitrogens with zero attached hydrogens (tertiary/aromatic N) is 1. The fourth-order valence-corrected chi connectivity index (χ4v) is 4.76. The molecule has 0 amide bonds. The molecule has 1 aromatic heterocycles. The van der Waals surface area contributed by atoms with E-state index in [1.54, 1.807) is 0 Å². The lowest BCUT2D eigenvalue weighted by Crippen LogP contribution is -2.27. The molecule has 21 heavy (non-hydrogen) atoms. The summed E-state index contributed by atoms with van der Waals surface area (Å²) in [6, 6.07) is 4.39. The van der Waals surface area contributed by atoms with Gasteiger partial charge in [0.2, 0.25) is 10.0 Å². The fraction of sp³-hybridized carbons (Fsp3) is 0.231. The van der Waals surface area contributed by atoms with Crippen LogP contribution in [0.15, 0.2) is 32.9 Å². The summed E-state index contributed by atoms with van der Waals surface area (Å²) < 4.78 is 41.1. The molecule has 0 saturated carbocycles. The Morgan fingerprint density at radius 1 is 1.38 bits per heavy atom. The molecule has 2 N–H and O–H groups in total. The number of nitrogens with two attached hydrogens (primary N) is 1. The zero-order chi connectivity index (χ0) is 15.8. The number of anilines is 1. The van der Waals surface area contributed by atoms with E-state index in [1.165, 1.54) is 31.4 Å². The molecule has 0 aliphatic rings. The molecule has 2 aromatic rings. The average molecular weight is 393 g/mol. The molecule has 8 heteroatoms. The largest absolute Gasteiger partial charge is 0.399 e. The quantitative estimate of drug-likeness (QED) is 0.811. The highest BCUT2D eigenvalue weighted by Crippen LogP contribution is 2.27. The molecule has 1 heterocycles. The van der Waals surface area contributed by atoms with Crippen molar-refractivity contribution in [2.45, 2.75) is 18.4 Å². The second-order valence-electron chi connectivity index (χ2n) is 4.64. The van der Waals surface area contributed by atoms with Crippen molar-refractivity contribution in [3.8, 4) is 0 Å². The molecule has 4 nitrogen and oxygen atoms in total. The van der Waals surface area contributed by atoms with Gasteiger partial charge in [-0.2, -0.15) is 4.31 Å². The molecule has 1 aromatic carbocycles. The Kier molecular flexibility index (Phi) is 4.72. The maximum atomic E-state index is 14.1. The Morgan fingerprint density at radius 2 is 2.05 bits per heavy atom. The van der Waals surface area contributed by atoms with Crippen molar-refractivity contribution >= 4 is 43.0 Å². The van der Waals surface area contributed by atoms with Crippen LogP contribution in [0.1, 0.15) is 10.4 Å². The maximum absolute atomic E-state index is 14.1. The smallest absolute Gasteiger partial charge is 0.246 e. The minimum Gasteiger partial charge on any atom is -0.399 e. The average Bonchev–Trinajstić information content (AvgIpc) is 2.79. The first-order chi connectivity index (χ1) is 9.71. The van der Waals surface area contributed by atoms with Gasteiger partial charge < -0.3 is 5.73 Å². The standard InChI is InChI=1S/C13H14BrFN2O2S2/c1-8-3-10(16)5-12(13(8)15)21(18,19)17(2)6-11-4-9(14)7-20-11/h3-5,7H,6,16H2,1-2H3.